The van der Waals surface area contributed by atoms with Crippen LogP contribution in [-0.2, 0) is 11.3 Å². The average molecular weight is 419 g/mol. The molecule has 0 aliphatic heterocycles. The van der Waals surface area contributed by atoms with Gasteiger partial charge >= 0.3 is 11.7 Å². The molecule has 1 aromatic heterocycles. The summed E-state index contributed by atoms with van der Waals surface area (Å²) in [4.78, 5) is 22.9. The Kier molecular flexibility index (Phi) is 5.99. The van der Waals surface area contributed by atoms with Crippen LogP contribution in [0.15, 0.2) is 47.0 Å². The van der Waals surface area contributed by atoms with Crippen LogP contribution < -0.4 is 9.47 Å². The number of aromatic nitrogens is 1. The van der Waals surface area contributed by atoms with Crippen LogP contribution in [0.5, 0.6) is 17.2 Å². The zero-order valence-corrected chi connectivity index (χ0v) is 16.1. The van der Waals surface area contributed by atoms with Gasteiger partial charge in [0.25, 0.3) is 0 Å². The van der Waals surface area contributed by atoms with Gasteiger partial charge in [-0.3, -0.25) is 10.1 Å². The van der Waals surface area contributed by atoms with E-state index in [4.69, 9.17) is 30.3 Å². The first-order chi connectivity index (χ1) is 13.9. The third kappa shape index (κ3) is 4.82. The lowest BCUT2D eigenvalue weighted by Crippen LogP contribution is -2.05. The van der Waals surface area contributed by atoms with Crippen molar-refractivity contribution in [3.63, 3.8) is 0 Å². The minimum atomic E-state index is -0.610. The number of halogens is 1. The Labute approximate surface area is 169 Å². The number of methoxy groups -OCH3 is 1. The normalized spacial score (nSPS) is 10.4. The molecule has 0 spiro atoms. The molecular weight excluding hydrogens is 404 g/mol. The molecule has 0 fully saturated rings. The zero-order valence-electron chi connectivity index (χ0n) is 15.4. The first-order valence-corrected chi connectivity index (χ1v) is 8.64. The lowest BCUT2D eigenvalue weighted by atomic mass is 10.2. The Bertz CT molecular complexity index is 1060. The number of ether oxygens (including phenoxy) is 3. The summed E-state index contributed by atoms with van der Waals surface area (Å²) in [6.07, 6.45) is 0. The molecule has 3 rings (SSSR count). The van der Waals surface area contributed by atoms with Crippen molar-refractivity contribution in [2.45, 2.75) is 13.5 Å². The summed E-state index contributed by atoms with van der Waals surface area (Å²) >= 11 is 5.81. The summed E-state index contributed by atoms with van der Waals surface area (Å²) in [5.74, 6) is 0.160. The first kappa shape index (κ1) is 20.2. The predicted octanol–water partition coefficient (Wildman–Crippen LogP) is 4.70. The van der Waals surface area contributed by atoms with Crippen LogP contribution in [0.25, 0.3) is 0 Å². The molecule has 0 saturated carbocycles. The van der Waals surface area contributed by atoms with Crippen molar-refractivity contribution in [1.29, 1.82) is 0 Å². The number of aryl methyl sites for hydroxylation is 1. The molecule has 29 heavy (non-hydrogen) atoms. The third-order valence-electron chi connectivity index (χ3n) is 3.76. The molecule has 3 aromatic rings. The summed E-state index contributed by atoms with van der Waals surface area (Å²) in [6.45, 7) is 1.68. The van der Waals surface area contributed by atoms with E-state index in [1.165, 1.54) is 43.5 Å². The van der Waals surface area contributed by atoms with Crippen molar-refractivity contribution in [1.82, 2.24) is 5.16 Å². The molecule has 1 heterocycles. The van der Waals surface area contributed by atoms with Gasteiger partial charge in [-0.25, -0.2) is 4.79 Å². The van der Waals surface area contributed by atoms with Crippen LogP contribution in [0.3, 0.4) is 0 Å². The van der Waals surface area contributed by atoms with E-state index < -0.39 is 10.9 Å². The van der Waals surface area contributed by atoms with Crippen LogP contribution in [0.1, 0.15) is 21.8 Å². The Morgan fingerprint density at radius 2 is 1.93 bits per heavy atom. The van der Waals surface area contributed by atoms with Crippen LogP contribution >= 0.6 is 11.6 Å². The summed E-state index contributed by atoms with van der Waals surface area (Å²) in [7, 11) is 1.38. The number of nitro groups is 1. The number of hydrogen-bond donors (Lipinski definition) is 0. The van der Waals surface area contributed by atoms with Crippen molar-refractivity contribution < 1.29 is 28.5 Å². The van der Waals surface area contributed by atoms with E-state index in [-0.39, 0.29) is 40.1 Å². The molecule has 150 valence electrons. The fourth-order valence-corrected chi connectivity index (χ4v) is 2.59. The fraction of sp³-hybridized carbons (Fsp3) is 0.158. The van der Waals surface area contributed by atoms with Gasteiger partial charge in [0.15, 0.2) is 23.9 Å². The number of rotatable bonds is 7. The minimum absolute atomic E-state index is 0.0197. The highest BCUT2D eigenvalue weighted by Gasteiger charge is 2.19. The van der Waals surface area contributed by atoms with Gasteiger partial charge in [-0.1, -0.05) is 16.8 Å². The average Bonchev–Trinajstić information content (AvgIpc) is 3.12. The highest BCUT2D eigenvalue weighted by atomic mass is 35.5. The number of carbonyl (C=O) groups excluding carboxylic acids is 1. The molecule has 0 radical (unpaired) electrons. The number of benzene rings is 2. The molecule has 2 aromatic carbocycles. The van der Waals surface area contributed by atoms with Crippen molar-refractivity contribution in [2.24, 2.45) is 0 Å². The second kappa shape index (κ2) is 8.61. The van der Waals surface area contributed by atoms with Crippen LogP contribution in [0.2, 0.25) is 5.02 Å². The zero-order chi connectivity index (χ0) is 21.0. The minimum Gasteiger partial charge on any atom is -0.493 e. The molecule has 0 saturated heterocycles. The lowest BCUT2D eigenvalue weighted by molar-refractivity contribution is -0.385. The Morgan fingerprint density at radius 3 is 2.59 bits per heavy atom. The van der Waals surface area contributed by atoms with E-state index in [2.05, 4.69) is 5.16 Å². The lowest BCUT2D eigenvalue weighted by Gasteiger charge is -2.12. The monoisotopic (exact) mass is 418 g/mol. The highest BCUT2D eigenvalue weighted by molar-refractivity contribution is 6.30. The van der Waals surface area contributed by atoms with Crippen molar-refractivity contribution in [3.8, 4) is 17.2 Å². The van der Waals surface area contributed by atoms with E-state index >= 15 is 0 Å². The maximum absolute atomic E-state index is 12.3. The smallest absolute Gasteiger partial charge is 0.338 e. The Hall–Kier alpha value is -3.59. The quantitative estimate of drug-likeness (QED) is 0.308. The van der Waals surface area contributed by atoms with E-state index in [1.807, 2.05) is 0 Å². The SMILES string of the molecule is COc1cc(C(=O)OCc2cc(C)no2)ccc1Oc1ccc(Cl)cc1[N+](=O)[O-]. The molecule has 0 aliphatic rings. The van der Waals surface area contributed by atoms with E-state index in [0.717, 1.165) is 0 Å². The van der Waals surface area contributed by atoms with E-state index in [1.54, 1.807) is 13.0 Å². The van der Waals surface area contributed by atoms with Crippen LogP contribution in [0, 0.1) is 17.0 Å². The summed E-state index contributed by atoms with van der Waals surface area (Å²) in [6, 6.07) is 9.99. The number of nitrogens with zero attached hydrogens (tertiary/aromatic N) is 2. The Morgan fingerprint density at radius 1 is 1.17 bits per heavy atom. The Balaban J connectivity index is 1.78. The molecule has 9 nitrogen and oxygen atoms in total. The van der Waals surface area contributed by atoms with Crippen molar-refractivity contribution >= 4 is 23.3 Å². The fourth-order valence-electron chi connectivity index (χ4n) is 2.42. The van der Waals surface area contributed by atoms with Crippen molar-refractivity contribution in [2.75, 3.05) is 7.11 Å². The van der Waals surface area contributed by atoms with Gasteiger partial charge in [0.1, 0.15) is 0 Å². The maximum Gasteiger partial charge on any atom is 0.338 e. The second-order valence-corrected chi connectivity index (χ2v) is 6.28. The third-order valence-corrected chi connectivity index (χ3v) is 3.99. The number of esters is 1. The molecule has 0 N–H and O–H groups in total. The summed E-state index contributed by atoms with van der Waals surface area (Å²) < 4.78 is 21.0. The standard InChI is InChI=1S/C19H15ClN2O7/c1-11-7-14(29-21-11)10-27-19(23)12-3-5-17(18(8-12)26-2)28-16-6-4-13(20)9-15(16)22(24)25/h3-9H,10H2,1-2H3. The number of carbonyl (C=O) groups is 1. The van der Waals surface area contributed by atoms with Gasteiger partial charge in [-0.15, -0.1) is 0 Å². The molecule has 0 bridgehead atoms. The van der Waals surface area contributed by atoms with Gasteiger partial charge in [-0.05, 0) is 37.3 Å². The summed E-state index contributed by atoms with van der Waals surface area (Å²) in [5.41, 5.74) is 0.581. The number of hydrogen-bond acceptors (Lipinski definition) is 8. The maximum atomic E-state index is 12.3. The topological polar surface area (TPSA) is 114 Å². The second-order valence-electron chi connectivity index (χ2n) is 5.85. The van der Waals surface area contributed by atoms with Gasteiger partial charge < -0.3 is 18.7 Å². The largest absolute Gasteiger partial charge is 0.493 e. The molecule has 10 heteroatoms. The van der Waals surface area contributed by atoms with Crippen LogP contribution in [0.4, 0.5) is 5.69 Å². The molecule has 0 unspecified atom stereocenters. The predicted molar refractivity (Wildman–Crippen MR) is 102 cm³/mol. The molecule has 0 atom stereocenters. The van der Waals surface area contributed by atoms with E-state index in [0.29, 0.717) is 11.5 Å². The van der Waals surface area contributed by atoms with Gasteiger partial charge in [0.05, 0.1) is 23.3 Å². The van der Waals surface area contributed by atoms with Gasteiger partial charge in [0, 0.05) is 17.2 Å². The molecule has 0 amide bonds. The number of nitro benzene ring substituents is 1. The summed E-state index contributed by atoms with van der Waals surface area (Å²) in [5, 5.41) is 15.1. The van der Waals surface area contributed by atoms with Gasteiger partial charge in [0.2, 0.25) is 5.75 Å². The molecule has 0 aliphatic carbocycles. The van der Waals surface area contributed by atoms with Gasteiger partial charge in [-0.2, -0.15) is 0 Å². The van der Waals surface area contributed by atoms with Crippen LogP contribution in [-0.4, -0.2) is 23.2 Å². The molecular formula is C19H15ClN2O7. The highest BCUT2D eigenvalue weighted by Crippen LogP contribution is 2.38. The van der Waals surface area contributed by atoms with Crippen molar-refractivity contribution in [3.05, 3.63) is 74.6 Å². The van der Waals surface area contributed by atoms with E-state index in [9.17, 15) is 14.9 Å². The first-order valence-electron chi connectivity index (χ1n) is 8.26.